The van der Waals surface area contributed by atoms with Gasteiger partial charge in [-0.2, -0.15) is 0 Å². The summed E-state index contributed by atoms with van der Waals surface area (Å²) >= 11 is 0. The Labute approximate surface area is 188 Å². The van der Waals surface area contributed by atoms with E-state index in [1.807, 2.05) is 31.2 Å². The molecular formula is C25H30N2O5. The van der Waals surface area contributed by atoms with Crippen molar-refractivity contribution in [3.05, 3.63) is 59.7 Å². The minimum atomic E-state index is -1.03. The number of aliphatic carboxylic acids is 1. The molecule has 0 fully saturated rings. The second-order valence-electron chi connectivity index (χ2n) is 8.98. The van der Waals surface area contributed by atoms with Crippen LogP contribution < -0.4 is 10.6 Å². The van der Waals surface area contributed by atoms with E-state index >= 15 is 0 Å². The molecular weight excluding hydrogens is 408 g/mol. The molecule has 1 aliphatic carbocycles. The van der Waals surface area contributed by atoms with E-state index in [1.54, 1.807) is 13.8 Å². The molecule has 2 amide bonds. The standard InChI is InChI=1S/C25H30N2O5/c1-16(12-22(28)27-15-25(2,3)23(29)30)13-26-24(31)32-14-21-19-10-6-4-8-17(19)18-9-5-7-11-20(18)21/h4-11,16,21H,12-15H2,1-3H3,(H,26,31)(H,27,28)(H,29,30). The van der Waals surface area contributed by atoms with Gasteiger partial charge in [0, 0.05) is 25.4 Å². The smallest absolute Gasteiger partial charge is 0.407 e. The van der Waals surface area contributed by atoms with E-state index in [2.05, 4.69) is 34.9 Å². The molecule has 0 saturated heterocycles. The first kappa shape index (κ1) is 23.3. The minimum absolute atomic E-state index is 0.00561. The first-order chi connectivity index (χ1) is 15.2. The van der Waals surface area contributed by atoms with Gasteiger partial charge in [0.25, 0.3) is 0 Å². The number of hydrogen-bond donors (Lipinski definition) is 3. The first-order valence-electron chi connectivity index (χ1n) is 10.8. The number of alkyl carbamates (subject to hydrolysis) is 1. The number of rotatable bonds is 9. The summed E-state index contributed by atoms with van der Waals surface area (Å²) in [6.45, 7) is 5.51. The van der Waals surface area contributed by atoms with Crippen LogP contribution in [0.3, 0.4) is 0 Å². The molecule has 0 aliphatic heterocycles. The van der Waals surface area contributed by atoms with Gasteiger partial charge >= 0.3 is 12.1 Å². The van der Waals surface area contributed by atoms with Crippen molar-refractivity contribution in [3.63, 3.8) is 0 Å². The lowest BCUT2D eigenvalue weighted by Gasteiger charge is -2.20. The van der Waals surface area contributed by atoms with Gasteiger partial charge < -0.3 is 20.5 Å². The summed E-state index contributed by atoms with van der Waals surface area (Å²) in [5, 5.41) is 14.5. The van der Waals surface area contributed by atoms with Gasteiger partial charge in [0.1, 0.15) is 6.61 Å². The van der Waals surface area contributed by atoms with Crippen LogP contribution in [0.1, 0.15) is 44.2 Å². The Balaban J connectivity index is 1.45. The fourth-order valence-corrected chi connectivity index (χ4v) is 3.76. The zero-order chi connectivity index (χ0) is 23.3. The SMILES string of the molecule is CC(CNC(=O)OCC1c2ccccc2-c2ccccc21)CC(=O)NCC(C)(C)C(=O)O. The van der Waals surface area contributed by atoms with Gasteiger partial charge in [-0.05, 0) is 42.0 Å². The van der Waals surface area contributed by atoms with Crippen molar-refractivity contribution in [3.8, 4) is 11.1 Å². The molecule has 7 nitrogen and oxygen atoms in total. The number of nitrogens with one attached hydrogen (secondary N) is 2. The lowest BCUT2D eigenvalue weighted by Crippen LogP contribution is -2.40. The normalized spacial score (nSPS) is 13.6. The fraction of sp³-hybridized carbons (Fsp3) is 0.400. The molecule has 2 aromatic rings. The summed E-state index contributed by atoms with van der Waals surface area (Å²) in [6.07, 6.45) is -0.342. The van der Waals surface area contributed by atoms with Gasteiger partial charge in [0.15, 0.2) is 0 Å². The van der Waals surface area contributed by atoms with Crippen molar-refractivity contribution < 1.29 is 24.2 Å². The lowest BCUT2D eigenvalue weighted by atomic mass is 9.94. The maximum Gasteiger partial charge on any atom is 0.407 e. The van der Waals surface area contributed by atoms with Crippen LogP contribution >= 0.6 is 0 Å². The predicted octanol–water partition coefficient (Wildman–Crippen LogP) is 3.78. The molecule has 0 aromatic heterocycles. The highest BCUT2D eigenvalue weighted by molar-refractivity contribution is 5.80. The Bertz CT molecular complexity index is 956. The molecule has 0 saturated carbocycles. The highest BCUT2D eigenvalue weighted by atomic mass is 16.5. The van der Waals surface area contributed by atoms with Crippen LogP contribution in [-0.2, 0) is 14.3 Å². The summed E-state index contributed by atoms with van der Waals surface area (Å²) in [7, 11) is 0. The van der Waals surface area contributed by atoms with E-state index in [1.165, 1.54) is 11.1 Å². The summed E-state index contributed by atoms with van der Waals surface area (Å²) < 4.78 is 5.50. The molecule has 0 bridgehead atoms. The largest absolute Gasteiger partial charge is 0.481 e. The Morgan fingerprint density at radius 1 is 1.00 bits per heavy atom. The van der Waals surface area contributed by atoms with E-state index in [9.17, 15) is 14.4 Å². The zero-order valence-corrected chi connectivity index (χ0v) is 18.7. The Kier molecular flexibility index (Phi) is 7.18. The topological polar surface area (TPSA) is 105 Å². The number of carboxylic acids is 1. The molecule has 1 unspecified atom stereocenters. The summed E-state index contributed by atoms with van der Waals surface area (Å²) in [5.41, 5.74) is 3.61. The number of ether oxygens (including phenoxy) is 1. The number of carbonyl (C=O) groups is 3. The summed E-state index contributed by atoms with van der Waals surface area (Å²) in [6, 6.07) is 16.3. The van der Waals surface area contributed by atoms with Crippen molar-refractivity contribution in [1.29, 1.82) is 0 Å². The molecule has 0 heterocycles. The Hall–Kier alpha value is -3.35. The van der Waals surface area contributed by atoms with Crippen molar-refractivity contribution in [2.75, 3.05) is 19.7 Å². The van der Waals surface area contributed by atoms with E-state index < -0.39 is 17.5 Å². The van der Waals surface area contributed by atoms with Crippen LogP contribution in [0.4, 0.5) is 4.79 Å². The van der Waals surface area contributed by atoms with Crippen molar-refractivity contribution in [2.45, 2.75) is 33.1 Å². The molecule has 3 rings (SSSR count). The molecule has 0 radical (unpaired) electrons. The lowest BCUT2D eigenvalue weighted by molar-refractivity contribution is -0.146. The molecule has 1 atom stereocenters. The van der Waals surface area contributed by atoms with Crippen LogP contribution in [0.5, 0.6) is 0 Å². The van der Waals surface area contributed by atoms with E-state index in [0.29, 0.717) is 0 Å². The Morgan fingerprint density at radius 2 is 1.56 bits per heavy atom. The Morgan fingerprint density at radius 3 is 2.12 bits per heavy atom. The van der Waals surface area contributed by atoms with Gasteiger partial charge in [-0.15, -0.1) is 0 Å². The molecule has 0 spiro atoms. The molecule has 2 aromatic carbocycles. The molecule has 32 heavy (non-hydrogen) atoms. The highest BCUT2D eigenvalue weighted by Gasteiger charge is 2.29. The average molecular weight is 439 g/mol. The van der Waals surface area contributed by atoms with Crippen molar-refractivity contribution in [2.24, 2.45) is 11.3 Å². The third kappa shape index (κ3) is 5.46. The van der Waals surface area contributed by atoms with Crippen LogP contribution in [0.25, 0.3) is 11.1 Å². The van der Waals surface area contributed by atoms with Gasteiger partial charge in [0.2, 0.25) is 5.91 Å². The van der Waals surface area contributed by atoms with Crippen LogP contribution in [-0.4, -0.2) is 42.8 Å². The second kappa shape index (κ2) is 9.85. The van der Waals surface area contributed by atoms with Crippen LogP contribution in [0, 0.1) is 11.3 Å². The van der Waals surface area contributed by atoms with Gasteiger partial charge in [-0.25, -0.2) is 4.79 Å². The highest BCUT2D eigenvalue weighted by Crippen LogP contribution is 2.44. The molecule has 3 N–H and O–H groups in total. The number of carboxylic acid groups (broad SMARTS) is 1. The summed E-state index contributed by atoms with van der Waals surface area (Å²) in [5.74, 6) is -1.35. The maximum atomic E-state index is 12.2. The number of fused-ring (bicyclic) bond motifs is 3. The molecule has 170 valence electrons. The average Bonchev–Trinajstić information content (AvgIpc) is 3.08. The third-order valence-corrected chi connectivity index (χ3v) is 5.78. The predicted molar refractivity (Wildman–Crippen MR) is 121 cm³/mol. The van der Waals surface area contributed by atoms with E-state index in [-0.39, 0.29) is 43.9 Å². The van der Waals surface area contributed by atoms with Crippen LogP contribution in [0.2, 0.25) is 0 Å². The van der Waals surface area contributed by atoms with Crippen LogP contribution in [0.15, 0.2) is 48.5 Å². The number of benzene rings is 2. The minimum Gasteiger partial charge on any atom is -0.481 e. The summed E-state index contributed by atoms with van der Waals surface area (Å²) in [4.78, 5) is 35.4. The third-order valence-electron chi connectivity index (χ3n) is 5.78. The zero-order valence-electron chi connectivity index (χ0n) is 18.7. The monoisotopic (exact) mass is 438 g/mol. The van der Waals surface area contributed by atoms with E-state index in [0.717, 1.165) is 11.1 Å². The number of carbonyl (C=O) groups excluding carboxylic acids is 2. The second-order valence-corrected chi connectivity index (χ2v) is 8.98. The fourth-order valence-electron chi connectivity index (χ4n) is 3.76. The maximum absolute atomic E-state index is 12.2. The van der Waals surface area contributed by atoms with Gasteiger partial charge in [-0.1, -0.05) is 55.5 Å². The molecule has 7 heteroatoms. The number of amides is 2. The van der Waals surface area contributed by atoms with E-state index in [4.69, 9.17) is 9.84 Å². The first-order valence-corrected chi connectivity index (χ1v) is 10.8. The van der Waals surface area contributed by atoms with Gasteiger partial charge in [-0.3, -0.25) is 9.59 Å². The van der Waals surface area contributed by atoms with Gasteiger partial charge in [0.05, 0.1) is 5.41 Å². The van der Waals surface area contributed by atoms with Crippen molar-refractivity contribution in [1.82, 2.24) is 10.6 Å². The van der Waals surface area contributed by atoms with Crippen molar-refractivity contribution >= 4 is 18.0 Å². The molecule has 1 aliphatic rings. The quantitative estimate of drug-likeness (QED) is 0.553. The number of hydrogen-bond acceptors (Lipinski definition) is 4.